The fraction of sp³-hybridized carbons (Fsp3) is 0.704. The highest BCUT2D eigenvalue weighted by atomic mass is 16.5. The Morgan fingerprint density at radius 1 is 1.00 bits per heavy atom. The first-order valence-electron chi connectivity index (χ1n) is 12.7. The Morgan fingerprint density at radius 2 is 1.65 bits per heavy atom. The largest absolute Gasteiger partial charge is 0.494 e. The molecule has 5 rings (SSSR count). The van der Waals surface area contributed by atoms with Crippen molar-refractivity contribution in [2.45, 2.75) is 90.4 Å². The first-order valence-corrected chi connectivity index (χ1v) is 12.7. The molecule has 1 aromatic carbocycles. The van der Waals surface area contributed by atoms with E-state index in [2.05, 4.69) is 17.5 Å². The number of nitrogens with zero attached hydrogens (tertiary/aromatic N) is 1. The quantitative estimate of drug-likeness (QED) is 0.251. The molecule has 31 heavy (non-hydrogen) atoms. The molecule has 0 radical (unpaired) electrons. The van der Waals surface area contributed by atoms with Crippen molar-refractivity contribution in [3.05, 3.63) is 29.8 Å². The number of hydrogen-bond donors (Lipinski definition) is 1. The molecule has 4 aliphatic rings. The van der Waals surface area contributed by atoms with Gasteiger partial charge in [0.15, 0.2) is 0 Å². The van der Waals surface area contributed by atoms with Crippen LogP contribution in [0.3, 0.4) is 0 Å². The zero-order chi connectivity index (χ0) is 21.5. The summed E-state index contributed by atoms with van der Waals surface area (Å²) >= 11 is 0. The van der Waals surface area contributed by atoms with Gasteiger partial charge in [0.25, 0.3) is 0 Å². The van der Waals surface area contributed by atoms with Gasteiger partial charge in [0.05, 0.1) is 18.2 Å². The number of hydrazone groups is 1. The van der Waals surface area contributed by atoms with E-state index in [0.29, 0.717) is 0 Å². The lowest BCUT2D eigenvalue weighted by Gasteiger charge is -2.46. The van der Waals surface area contributed by atoms with Crippen molar-refractivity contribution < 1.29 is 9.53 Å². The monoisotopic (exact) mass is 424 g/mol. The average Bonchev–Trinajstić information content (AvgIpc) is 2.99. The lowest BCUT2D eigenvalue weighted by atomic mass is 9.58. The van der Waals surface area contributed by atoms with Crippen LogP contribution in [-0.4, -0.2) is 18.7 Å². The van der Waals surface area contributed by atoms with Gasteiger partial charge in [-0.05, 0) is 86.1 Å². The van der Waals surface area contributed by atoms with Crippen LogP contribution in [0.1, 0.15) is 96.0 Å². The fourth-order valence-electron chi connectivity index (χ4n) is 6.48. The second kappa shape index (κ2) is 10.7. The Balaban J connectivity index is 1.21. The van der Waals surface area contributed by atoms with Gasteiger partial charge in [0, 0.05) is 0 Å². The van der Waals surface area contributed by atoms with Crippen molar-refractivity contribution in [3.63, 3.8) is 0 Å². The standard InChI is InChI=1S/C27H40N2O2/c1-2-3-4-5-6-7-14-31-25-12-10-21(11-13-25)20-28-29-26(30)27-17-22-8-9-23(18-27)16-24(15-22)19-27/h10-13,20,22-24H,2-9,14-19H2,1H3,(H,29,30)/b28-20+. The Kier molecular flexibility index (Phi) is 7.68. The van der Waals surface area contributed by atoms with Crippen molar-refractivity contribution in [1.82, 2.24) is 5.43 Å². The van der Waals surface area contributed by atoms with Gasteiger partial charge < -0.3 is 4.74 Å². The molecule has 4 heteroatoms. The molecule has 1 aromatic rings. The van der Waals surface area contributed by atoms with Crippen molar-refractivity contribution in [2.24, 2.45) is 28.3 Å². The van der Waals surface area contributed by atoms with Crippen LogP contribution in [0.2, 0.25) is 0 Å². The Labute approximate surface area is 188 Å². The Bertz CT molecular complexity index is 726. The van der Waals surface area contributed by atoms with Gasteiger partial charge in [-0.2, -0.15) is 5.10 Å². The summed E-state index contributed by atoms with van der Waals surface area (Å²) < 4.78 is 5.85. The molecule has 4 fully saturated rings. The number of amides is 1. The topological polar surface area (TPSA) is 50.7 Å². The third-order valence-corrected chi connectivity index (χ3v) is 7.86. The van der Waals surface area contributed by atoms with E-state index in [1.165, 1.54) is 57.8 Å². The molecule has 4 saturated carbocycles. The maximum atomic E-state index is 13.1. The molecule has 170 valence electrons. The van der Waals surface area contributed by atoms with Crippen LogP contribution in [0, 0.1) is 23.2 Å². The highest BCUT2D eigenvalue weighted by Crippen LogP contribution is 2.57. The molecule has 4 bridgehead atoms. The zero-order valence-electron chi connectivity index (χ0n) is 19.3. The first-order chi connectivity index (χ1) is 15.2. The number of ether oxygens (including phenoxy) is 1. The summed E-state index contributed by atoms with van der Waals surface area (Å²) in [6.45, 7) is 3.02. The SMILES string of the molecule is CCCCCCCCOc1ccc(/C=N/NC(=O)C23CC4CCC(CC(C4)C2)C3)cc1. The summed E-state index contributed by atoms with van der Waals surface area (Å²) in [4.78, 5) is 13.1. The van der Waals surface area contributed by atoms with E-state index in [1.807, 2.05) is 24.3 Å². The number of unbranched alkanes of at least 4 members (excludes halogenated alkanes) is 5. The Morgan fingerprint density at radius 3 is 2.35 bits per heavy atom. The van der Waals surface area contributed by atoms with E-state index in [4.69, 9.17) is 4.74 Å². The van der Waals surface area contributed by atoms with Crippen molar-refractivity contribution in [2.75, 3.05) is 6.61 Å². The van der Waals surface area contributed by atoms with Gasteiger partial charge in [-0.3, -0.25) is 4.79 Å². The summed E-state index contributed by atoms with van der Waals surface area (Å²) in [7, 11) is 0. The third kappa shape index (κ3) is 5.90. The summed E-state index contributed by atoms with van der Waals surface area (Å²) in [6.07, 6.45) is 18.0. The fourth-order valence-corrected chi connectivity index (χ4v) is 6.48. The molecule has 2 atom stereocenters. The molecule has 0 heterocycles. The molecule has 4 nitrogen and oxygen atoms in total. The molecular weight excluding hydrogens is 384 g/mol. The summed E-state index contributed by atoms with van der Waals surface area (Å²) in [5, 5.41) is 4.30. The van der Waals surface area contributed by atoms with E-state index in [0.717, 1.165) is 61.4 Å². The van der Waals surface area contributed by atoms with Crippen LogP contribution in [0.25, 0.3) is 0 Å². The number of nitrogens with one attached hydrogen (secondary N) is 1. The highest BCUT2D eigenvalue weighted by molar-refractivity contribution is 5.85. The number of rotatable bonds is 11. The van der Waals surface area contributed by atoms with Gasteiger partial charge in [0.2, 0.25) is 5.91 Å². The smallest absolute Gasteiger partial charge is 0.246 e. The minimum absolute atomic E-state index is 0.154. The third-order valence-electron chi connectivity index (χ3n) is 7.86. The van der Waals surface area contributed by atoms with Gasteiger partial charge in [-0.1, -0.05) is 51.9 Å². The van der Waals surface area contributed by atoms with E-state index < -0.39 is 0 Å². The lowest BCUT2D eigenvalue weighted by Crippen LogP contribution is -2.47. The predicted octanol–water partition coefficient (Wildman–Crippen LogP) is 6.48. The van der Waals surface area contributed by atoms with Gasteiger partial charge in [-0.15, -0.1) is 0 Å². The molecule has 4 aliphatic carbocycles. The normalized spacial score (nSPS) is 29.3. The Hall–Kier alpha value is -1.84. The van der Waals surface area contributed by atoms with E-state index >= 15 is 0 Å². The number of benzene rings is 1. The molecule has 0 aromatic heterocycles. The number of carbonyl (C=O) groups excluding carboxylic acids is 1. The van der Waals surface area contributed by atoms with Gasteiger partial charge in [0.1, 0.15) is 5.75 Å². The molecule has 1 N–H and O–H groups in total. The number of hydrogen-bond acceptors (Lipinski definition) is 3. The van der Waals surface area contributed by atoms with E-state index in [-0.39, 0.29) is 11.3 Å². The minimum atomic E-state index is -0.154. The van der Waals surface area contributed by atoms with Gasteiger partial charge in [-0.25, -0.2) is 5.43 Å². The first kappa shape index (κ1) is 22.4. The van der Waals surface area contributed by atoms with Crippen LogP contribution in [-0.2, 0) is 4.79 Å². The average molecular weight is 425 g/mol. The number of carbonyl (C=O) groups is 1. The highest BCUT2D eigenvalue weighted by Gasteiger charge is 2.52. The van der Waals surface area contributed by atoms with E-state index in [9.17, 15) is 4.79 Å². The second-order valence-electron chi connectivity index (χ2n) is 10.4. The zero-order valence-corrected chi connectivity index (χ0v) is 19.3. The van der Waals surface area contributed by atoms with Gasteiger partial charge >= 0.3 is 0 Å². The molecule has 2 unspecified atom stereocenters. The van der Waals surface area contributed by atoms with Crippen LogP contribution < -0.4 is 10.2 Å². The van der Waals surface area contributed by atoms with Crippen molar-refractivity contribution >= 4 is 12.1 Å². The molecular formula is C27H40N2O2. The van der Waals surface area contributed by atoms with Crippen LogP contribution >= 0.6 is 0 Å². The molecule has 1 amide bonds. The maximum Gasteiger partial charge on any atom is 0.246 e. The summed E-state index contributed by atoms with van der Waals surface area (Å²) in [5.74, 6) is 3.33. The van der Waals surface area contributed by atoms with Crippen LogP contribution in [0.5, 0.6) is 5.75 Å². The molecule has 0 saturated heterocycles. The predicted molar refractivity (Wildman–Crippen MR) is 126 cm³/mol. The maximum absolute atomic E-state index is 13.1. The summed E-state index contributed by atoms with van der Waals surface area (Å²) in [5.41, 5.74) is 3.72. The summed E-state index contributed by atoms with van der Waals surface area (Å²) in [6, 6.07) is 7.98. The number of fused-ring (bicyclic) bond motifs is 1. The van der Waals surface area contributed by atoms with Crippen LogP contribution in [0.15, 0.2) is 29.4 Å². The van der Waals surface area contributed by atoms with Crippen molar-refractivity contribution in [3.8, 4) is 5.75 Å². The molecule has 0 spiro atoms. The van der Waals surface area contributed by atoms with E-state index in [1.54, 1.807) is 6.21 Å². The minimum Gasteiger partial charge on any atom is -0.494 e. The lowest BCUT2D eigenvalue weighted by molar-refractivity contribution is -0.138. The second-order valence-corrected chi connectivity index (χ2v) is 10.4. The van der Waals surface area contributed by atoms with Crippen molar-refractivity contribution in [1.29, 1.82) is 0 Å². The molecule has 0 aliphatic heterocycles. The van der Waals surface area contributed by atoms with Crippen LogP contribution in [0.4, 0.5) is 0 Å².